The molecule has 4 atom stereocenters. The van der Waals surface area contributed by atoms with Crippen molar-refractivity contribution in [1.82, 2.24) is 0 Å². The van der Waals surface area contributed by atoms with Gasteiger partial charge in [0.15, 0.2) is 23.3 Å². The minimum atomic E-state index is -1.42. The second-order valence-electron chi connectivity index (χ2n) is 5.76. The van der Waals surface area contributed by atoms with E-state index in [-0.39, 0.29) is 11.3 Å². The lowest BCUT2D eigenvalue weighted by Crippen LogP contribution is -2.59. The number of esters is 3. The van der Waals surface area contributed by atoms with Crippen LogP contribution in [0.3, 0.4) is 0 Å². The smallest absolute Gasteiger partial charge is 0.365 e. The number of oxime groups is 1. The maximum absolute atomic E-state index is 12.1. The number of hydrogen-bond acceptors (Lipinski definition) is 10. The Hall–Kier alpha value is -2.79. The van der Waals surface area contributed by atoms with Crippen LogP contribution >= 0.6 is 15.9 Å². The molecule has 0 aromatic heterocycles. The standard InChI is InChI=1S/C18H18BrNO9/c1-9(21)26-13-12(20-29-17(23)11-7-5-4-6-8-11)16(19)28-15(18(24)25-3)14(13)27-10(2)22/h4-8,13-16H,1-3H3/b20-12-/t13-,14+,15+,16+/m1/s1. The van der Waals surface area contributed by atoms with Crippen LogP contribution in [0.25, 0.3) is 0 Å². The normalized spacial score (nSPS) is 25.0. The molecule has 2 rings (SSSR count). The van der Waals surface area contributed by atoms with Gasteiger partial charge in [0.25, 0.3) is 0 Å². The van der Waals surface area contributed by atoms with E-state index >= 15 is 0 Å². The summed E-state index contributed by atoms with van der Waals surface area (Å²) in [5.74, 6) is -3.16. The summed E-state index contributed by atoms with van der Waals surface area (Å²) in [5, 5.41) is 2.62. The Morgan fingerprint density at radius 1 is 1.03 bits per heavy atom. The molecule has 1 aliphatic rings. The van der Waals surface area contributed by atoms with E-state index in [1.165, 1.54) is 12.1 Å². The Kier molecular flexibility index (Phi) is 7.85. The van der Waals surface area contributed by atoms with Gasteiger partial charge in [0.1, 0.15) is 5.71 Å². The number of rotatable bonds is 5. The summed E-state index contributed by atoms with van der Waals surface area (Å²) < 4.78 is 20.4. The van der Waals surface area contributed by atoms with Crippen molar-refractivity contribution in [3.63, 3.8) is 0 Å². The molecule has 0 saturated carbocycles. The van der Waals surface area contributed by atoms with Crippen molar-refractivity contribution in [1.29, 1.82) is 0 Å². The van der Waals surface area contributed by atoms with Crippen molar-refractivity contribution in [2.75, 3.05) is 7.11 Å². The van der Waals surface area contributed by atoms with E-state index in [2.05, 4.69) is 25.8 Å². The monoisotopic (exact) mass is 471 g/mol. The molecule has 156 valence electrons. The fourth-order valence-corrected chi connectivity index (χ4v) is 3.05. The highest BCUT2D eigenvalue weighted by molar-refractivity contribution is 9.09. The number of benzene rings is 1. The second kappa shape index (κ2) is 10.1. The molecule has 0 aliphatic carbocycles. The minimum absolute atomic E-state index is 0.129. The predicted molar refractivity (Wildman–Crippen MR) is 100 cm³/mol. The number of nitrogens with zero attached hydrogens (tertiary/aromatic N) is 1. The van der Waals surface area contributed by atoms with Crippen molar-refractivity contribution in [3.8, 4) is 0 Å². The third-order valence-corrected chi connectivity index (χ3v) is 4.34. The van der Waals surface area contributed by atoms with Gasteiger partial charge in [0.2, 0.25) is 0 Å². The SMILES string of the molecule is COC(=O)[C@H]1O[C@H](Br)/C(=N\OC(=O)c2ccccc2)[C@@H](OC(C)=O)[C@@H]1OC(C)=O. The van der Waals surface area contributed by atoms with Crippen LogP contribution in [0.4, 0.5) is 0 Å². The number of hydrogen-bond donors (Lipinski definition) is 0. The highest BCUT2D eigenvalue weighted by Gasteiger charge is 2.51. The first-order valence-corrected chi connectivity index (χ1v) is 9.22. The summed E-state index contributed by atoms with van der Waals surface area (Å²) >= 11 is 3.14. The summed E-state index contributed by atoms with van der Waals surface area (Å²) in [7, 11) is 1.12. The lowest BCUT2D eigenvalue weighted by molar-refractivity contribution is -0.188. The molecule has 11 heteroatoms. The van der Waals surface area contributed by atoms with Crippen molar-refractivity contribution >= 4 is 45.5 Å². The maximum Gasteiger partial charge on any atom is 0.365 e. The number of alkyl halides is 1. The summed E-state index contributed by atoms with van der Waals surface area (Å²) in [6.45, 7) is 2.22. The van der Waals surface area contributed by atoms with Gasteiger partial charge in [-0.1, -0.05) is 39.3 Å². The first kappa shape index (κ1) is 22.5. The zero-order valence-electron chi connectivity index (χ0n) is 15.7. The summed E-state index contributed by atoms with van der Waals surface area (Å²) in [6.07, 6.45) is -4.20. The molecular weight excluding hydrogens is 454 g/mol. The van der Waals surface area contributed by atoms with Crippen LogP contribution in [-0.2, 0) is 38.2 Å². The van der Waals surface area contributed by atoms with Crippen LogP contribution in [0.5, 0.6) is 0 Å². The van der Waals surface area contributed by atoms with Crippen LogP contribution in [0.1, 0.15) is 24.2 Å². The van der Waals surface area contributed by atoms with Gasteiger partial charge in [-0.3, -0.25) is 9.59 Å². The Bertz CT molecular complexity index is 811. The molecule has 29 heavy (non-hydrogen) atoms. The second-order valence-corrected chi connectivity index (χ2v) is 6.59. The Morgan fingerprint density at radius 3 is 2.21 bits per heavy atom. The van der Waals surface area contributed by atoms with Crippen LogP contribution in [0.15, 0.2) is 35.5 Å². The maximum atomic E-state index is 12.1. The molecule has 1 aliphatic heterocycles. The molecule has 1 aromatic rings. The van der Waals surface area contributed by atoms with E-state index in [0.29, 0.717) is 0 Å². The fraction of sp³-hybridized carbons (Fsp3) is 0.389. The van der Waals surface area contributed by atoms with Gasteiger partial charge in [-0.2, -0.15) is 0 Å². The van der Waals surface area contributed by atoms with Crippen LogP contribution in [0, 0.1) is 0 Å². The zero-order valence-corrected chi connectivity index (χ0v) is 17.3. The quantitative estimate of drug-likeness (QED) is 0.205. The first-order chi connectivity index (χ1) is 13.7. The first-order valence-electron chi connectivity index (χ1n) is 8.30. The molecule has 0 amide bonds. The average Bonchev–Trinajstić information content (AvgIpc) is 2.68. The van der Waals surface area contributed by atoms with E-state index in [1.54, 1.807) is 18.2 Å². The van der Waals surface area contributed by atoms with Crippen molar-refractivity contribution in [3.05, 3.63) is 35.9 Å². The van der Waals surface area contributed by atoms with Crippen LogP contribution < -0.4 is 0 Å². The molecule has 0 unspecified atom stereocenters. The predicted octanol–water partition coefficient (Wildman–Crippen LogP) is 1.36. The van der Waals surface area contributed by atoms with Gasteiger partial charge >= 0.3 is 23.9 Å². The van der Waals surface area contributed by atoms with Crippen molar-refractivity contribution < 1.29 is 43.0 Å². The third kappa shape index (κ3) is 5.84. The lowest BCUT2D eigenvalue weighted by atomic mass is 10.00. The number of halogens is 1. The fourth-order valence-electron chi connectivity index (χ4n) is 2.47. The molecule has 0 bridgehead atoms. The van der Waals surface area contributed by atoms with Crippen molar-refractivity contribution in [2.24, 2.45) is 5.16 Å². The molecule has 1 aromatic carbocycles. The number of methoxy groups -OCH3 is 1. The van der Waals surface area contributed by atoms with E-state index in [0.717, 1.165) is 21.0 Å². The van der Waals surface area contributed by atoms with E-state index in [9.17, 15) is 19.2 Å². The van der Waals surface area contributed by atoms with Gasteiger partial charge in [0.05, 0.1) is 12.7 Å². The van der Waals surface area contributed by atoms with Gasteiger partial charge in [-0.15, -0.1) is 0 Å². The third-order valence-electron chi connectivity index (χ3n) is 3.66. The Morgan fingerprint density at radius 2 is 1.66 bits per heavy atom. The van der Waals surface area contributed by atoms with Gasteiger partial charge in [-0.05, 0) is 12.1 Å². The molecule has 1 heterocycles. The molecule has 0 spiro atoms. The van der Waals surface area contributed by atoms with Crippen LogP contribution in [-0.4, -0.2) is 60.0 Å². The van der Waals surface area contributed by atoms with E-state index < -0.39 is 47.2 Å². The van der Waals surface area contributed by atoms with Crippen molar-refractivity contribution in [2.45, 2.75) is 37.2 Å². The minimum Gasteiger partial charge on any atom is -0.467 e. The molecule has 1 fully saturated rings. The zero-order chi connectivity index (χ0) is 21.6. The van der Waals surface area contributed by atoms with Crippen LogP contribution in [0.2, 0.25) is 0 Å². The molecule has 0 N–H and O–H groups in total. The summed E-state index contributed by atoms with van der Waals surface area (Å²) in [4.78, 5) is 52.3. The summed E-state index contributed by atoms with van der Waals surface area (Å²) in [6, 6.07) is 8.04. The van der Waals surface area contributed by atoms with Gasteiger partial charge in [-0.25, -0.2) is 9.59 Å². The number of carbonyl (C=O) groups excluding carboxylic acids is 4. The van der Waals surface area contributed by atoms with E-state index in [4.69, 9.17) is 19.0 Å². The molecular formula is C18H18BrNO9. The number of carbonyl (C=O) groups is 4. The highest BCUT2D eigenvalue weighted by Crippen LogP contribution is 2.28. The molecule has 10 nitrogen and oxygen atoms in total. The lowest BCUT2D eigenvalue weighted by Gasteiger charge is -2.37. The summed E-state index contributed by atoms with van der Waals surface area (Å²) in [5.41, 5.74) is 0.101. The Labute approximate surface area is 174 Å². The average molecular weight is 472 g/mol. The molecule has 0 radical (unpaired) electrons. The topological polar surface area (TPSA) is 127 Å². The number of ether oxygens (including phenoxy) is 4. The van der Waals surface area contributed by atoms with Gasteiger partial charge < -0.3 is 23.8 Å². The largest absolute Gasteiger partial charge is 0.467 e. The van der Waals surface area contributed by atoms with Gasteiger partial charge in [0, 0.05) is 13.8 Å². The Balaban J connectivity index is 2.37. The van der Waals surface area contributed by atoms with E-state index in [1.807, 2.05) is 0 Å². The highest BCUT2D eigenvalue weighted by atomic mass is 79.9. The molecule has 1 saturated heterocycles.